The first-order valence-corrected chi connectivity index (χ1v) is 5.15. The second-order valence-corrected chi connectivity index (χ2v) is 3.69. The van der Waals surface area contributed by atoms with Crippen molar-refractivity contribution in [1.82, 2.24) is 9.78 Å². The fourth-order valence-electron chi connectivity index (χ4n) is 1.50. The summed E-state index contributed by atoms with van der Waals surface area (Å²) in [6, 6.07) is 8.65. The fourth-order valence-corrected chi connectivity index (χ4v) is 1.50. The summed E-state index contributed by atoms with van der Waals surface area (Å²) in [5.74, 6) is -1.12. The Hall–Kier alpha value is -2.63. The number of phenols is 1. The van der Waals surface area contributed by atoms with Gasteiger partial charge in [-0.25, -0.2) is 9.48 Å². The molecule has 1 aromatic carbocycles. The molecule has 6 nitrogen and oxygen atoms in total. The van der Waals surface area contributed by atoms with Crippen LogP contribution in [0.2, 0.25) is 0 Å². The third kappa shape index (κ3) is 2.54. The SMILES string of the molecule is O=C(O)c1ccc(=O)n(Cc2cccc(O)c2)n1. The van der Waals surface area contributed by atoms with Gasteiger partial charge in [0.2, 0.25) is 0 Å². The number of rotatable bonds is 3. The lowest BCUT2D eigenvalue weighted by molar-refractivity contribution is 0.0687. The molecule has 0 amide bonds. The van der Waals surface area contributed by atoms with Crippen molar-refractivity contribution in [2.45, 2.75) is 6.54 Å². The molecule has 0 fully saturated rings. The molecule has 1 heterocycles. The topological polar surface area (TPSA) is 92.4 Å². The van der Waals surface area contributed by atoms with Crippen molar-refractivity contribution in [1.29, 1.82) is 0 Å². The number of carboxylic acids is 1. The molecule has 0 atom stereocenters. The van der Waals surface area contributed by atoms with Crippen LogP contribution in [0.15, 0.2) is 41.2 Å². The van der Waals surface area contributed by atoms with Crippen LogP contribution in [-0.4, -0.2) is 26.0 Å². The third-order valence-electron chi connectivity index (χ3n) is 2.33. The van der Waals surface area contributed by atoms with Crippen LogP contribution in [0, 0.1) is 0 Å². The highest BCUT2D eigenvalue weighted by molar-refractivity contribution is 5.84. The van der Waals surface area contributed by atoms with E-state index in [-0.39, 0.29) is 18.0 Å². The van der Waals surface area contributed by atoms with Gasteiger partial charge in [0.25, 0.3) is 5.56 Å². The maximum atomic E-state index is 11.5. The summed E-state index contributed by atoms with van der Waals surface area (Å²) in [5.41, 5.74) is 0.0604. The molecule has 0 aliphatic carbocycles. The van der Waals surface area contributed by atoms with Gasteiger partial charge in [-0.3, -0.25) is 4.79 Å². The van der Waals surface area contributed by atoms with Gasteiger partial charge in [0.05, 0.1) is 6.54 Å². The van der Waals surface area contributed by atoms with E-state index in [4.69, 9.17) is 5.11 Å². The minimum absolute atomic E-state index is 0.0786. The average molecular weight is 246 g/mol. The Kier molecular flexibility index (Phi) is 3.09. The molecule has 2 rings (SSSR count). The maximum absolute atomic E-state index is 11.5. The zero-order valence-electron chi connectivity index (χ0n) is 9.28. The number of aromatic hydroxyl groups is 1. The number of carbonyl (C=O) groups is 1. The smallest absolute Gasteiger partial charge is 0.356 e. The van der Waals surface area contributed by atoms with E-state index in [1.807, 2.05) is 0 Å². The quantitative estimate of drug-likeness (QED) is 0.831. The zero-order chi connectivity index (χ0) is 13.1. The monoisotopic (exact) mass is 246 g/mol. The van der Waals surface area contributed by atoms with E-state index in [0.29, 0.717) is 5.56 Å². The molecule has 6 heteroatoms. The average Bonchev–Trinajstić information content (AvgIpc) is 2.31. The van der Waals surface area contributed by atoms with Gasteiger partial charge in [-0.05, 0) is 23.8 Å². The molecule has 0 unspecified atom stereocenters. The number of carboxylic acid groups (broad SMARTS) is 1. The van der Waals surface area contributed by atoms with Crippen LogP contribution >= 0.6 is 0 Å². The van der Waals surface area contributed by atoms with Crippen LogP contribution in [0.1, 0.15) is 16.1 Å². The molecule has 0 aliphatic rings. The molecular formula is C12H10N2O4. The highest BCUT2D eigenvalue weighted by Crippen LogP contribution is 2.11. The van der Waals surface area contributed by atoms with Crippen molar-refractivity contribution in [3.63, 3.8) is 0 Å². The summed E-state index contributed by atoms with van der Waals surface area (Å²) in [7, 11) is 0. The molecule has 0 saturated carbocycles. The van der Waals surface area contributed by atoms with Gasteiger partial charge in [0.1, 0.15) is 5.75 Å². The number of hydrogen-bond donors (Lipinski definition) is 2. The van der Waals surface area contributed by atoms with Crippen LogP contribution < -0.4 is 5.56 Å². The lowest BCUT2D eigenvalue weighted by Gasteiger charge is -2.05. The van der Waals surface area contributed by atoms with Crippen LogP contribution in [0.3, 0.4) is 0 Å². The Morgan fingerprint density at radius 2 is 2.06 bits per heavy atom. The van der Waals surface area contributed by atoms with Crippen LogP contribution in [0.4, 0.5) is 0 Å². The summed E-state index contributed by atoms with van der Waals surface area (Å²) >= 11 is 0. The van der Waals surface area contributed by atoms with E-state index in [1.54, 1.807) is 12.1 Å². The normalized spacial score (nSPS) is 10.2. The lowest BCUT2D eigenvalue weighted by atomic mass is 10.2. The Balaban J connectivity index is 2.37. The van der Waals surface area contributed by atoms with Crippen LogP contribution in [0.25, 0.3) is 0 Å². The van der Waals surface area contributed by atoms with Crippen molar-refractivity contribution >= 4 is 5.97 Å². The lowest BCUT2D eigenvalue weighted by Crippen LogP contribution is -2.24. The Morgan fingerprint density at radius 1 is 1.28 bits per heavy atom. The predicted molar refractivity (Wildman–Crippen MR) is 62.7 cm³/mol. The molecule has 0 aliphatic heterocycles. The standard InChI is InChI=1S/C12H10N2O4/c15-9-3-1-2-8(6-9)7-14-11(16)5-4-10(13-14)12(17)18/h1-6,15H,7H2,(H,17,18). The van der Waals surface area contributed by atoms with Gasteiger partial charge < -0.3 is 10.2 Å². The van der Waals surface area contributed by atoms with Crippen molar-refractivity contribution < 1.29 is 15.0 Å². The molecule has 0 spiro atoms. The second-order valence-electron chi connectivity index (χ2n) is 3.69. The van der Waals surface area contributed by atoms with Gasteiger partial charge in [-0.15, -0.1) is 0 Å². The fraction of sp³-hybridized carbons (Fsp3) is 0.0833. The highest BCUT2D eigenvalue weighted by Gasteiger charge is 2.07. The molecule has 2 N–H and O–H groups in total. The first-order chi connectivity index (χ1) is 8.56. The largest absolute Gasteiger partial charge is 0.508 e. The van der Waals surface area contributed by atoms with Gasteiger partial charge in [-0.2, -0.15) is 5.10 Å². The van der Waals surface area contributed by atoms with E-state index in [2.05, 4.69) is 5.10 Å². The minimum Gasteiger partial charge on any atom is -0.508 e. The van der Waals surface area contributed by atoms with Gasteiger partial charge in [-0.1, -0.05) is 12.1 Å². The first-order valence-electron chi connectivity index (χ1n) is 5.15. The first kappa shape index (κ1) is 11.8. The maximum Gasteiger partial charge on any atom is 0.356 e. The second kappa shape index (κ2) is 4.70. The third-order valence-corrected chi connectivity index (χ3v) is 2.33. The van der Waals surface area contributed by atoms with Gasteiger partial charge in [0.15, 0.2) is 5.69 Å². The molecule has 0 bridgehead atoms. The number of nitrogens with zero attached hydrogens (tertiary/aromatic N) is 2. The zero-order valence-corrected chi connectivity index (χ0v) is 9.28. The molecule has 0 saturated heterocycles. The van der Waals surface area contributed by atoms with E-state index in [0.717, 1.165) is 16.8 Å². The Labute approximate surface area is 102 Å². The number of aromatic nitrogens is 2. The Morgan fingerprint density at radius 3 is 2.72 bits per heavy atom. The van der Waals surface area contributed by atoms with Crippen LogP contribution in [-0.2, 0) is 6.54 Å². The van der Waals surface area contributed by atoms with Gasteiger partial charge >= 0.3 is 5.97 Å². The number of hydrogen-bond acceptors (Lipinski definition) is 4. The molecular weight excluding hydrogens is 236 g/mol. The highest BCUT2D eigenvalue weighted by atomic mass is 16.4. The summed E-state index contributed by atoms with van der Waals surface area (Å²) in [4.78, 5) is 22.3. The summed E-state index contributed by atoms with van der Waals surface area (Å²) in [6.45, 7) is 0.106. The van der Waals surface area contributed by atoms with E-state index in [1.165, 1.54) is 12.1 Å². The Bertz CT molecular complexity index is 649. The van der Waals surface area contributed by atoms with Gasteiger partial charge in [0, 0.05) is 6.07 Å². The molecule has 92 valence electrons. The van der Waals surface area contributed by atoms with E-state index in [9.17, 15) is 14.7 Å². The van der Waals surface area contributed by atoms with E-state index >= 15 is 0 Å². The summed E-state index contributed by atoms with van der Waals surface area (Å²) in [6.07, 6.45) is 0. The van der Waals surface area contributed by atoms with Crippen molar-refractivity contribution in [3.8, 4) is 5.75 Å². The molecule has 2 aromatic rings. The molecule has 0 radical (unpaired) electrons. The van der Waals surface area contributed by atoms with Crippen molar-refractivity contribution in [2.75, 3.05) is 0 Å². The predicted octanol–water partition coefficient (Wildman–Crippen LogP) is 0.695. The number of phenolic OH excluding ortho intramolecular Hbond substituents is 1. The molecule has 18 heavy (non-hydrogen) atoms. The van der Waals surface area contributed by atoms with Crippen LogP contribution in [0.5, 0.6) is 5.75 Å². The van der Waals surface area contributed by atoms with E-state index < -0.39 is 11.5 Å². The van der Waals surface area contributed by atoms with Crippen molar-refractivity contribution in [2.24, 2.45) is 0 Å². The minimum atomic E-state index is -1.19. The summed E-state index contributed by atoms with van der Waals surface area (Å²) in [5, 5.41) is 21.8. The number of aromatic carboxylic acids is 1. The molecule has 1 aromatic heterocycles. The van der Waals surface area contributed by atoms with Crippen molar-refractivity contribution in [3.05, 3.63) is 58.0 Å². The summed E-state index contributed by atoms with van der Waals surface area (Å²) < 4.78 is 1.04. The number of benzene rings is 1.